The monoisotopic (exact) mass is 308 g/mol. The molecule has 3 aromatic rings. The zero-order chi connectivity index (χ0) is 15.4. The Balaban J connectivity index is 1.91. The molecular weight excluding hydrogens is 296 g/mol. The molecule has 0 aliphatic rings. The summed E-state index contributed by atoms with van der Waals surface area (Å²) in [5, 5.41) is 11.1. The van der Waals surface area contributed by atoms with Crippen LogP contribution in [0.2, 0.25) is 0 Å². The molecule has 0 radical (unpaired) electrons. The molecule has 0 saturated carbocycles. The van der Waals surface area contributed by atoms with E-state index < -0.39 is 5.97 Å². The van der Waals surface area contributed by atoms with E-state index in [2.05, 4.69) is 9.97 Å². The molecule has 0 aliphatic heterocycles. The largest absolute Gasteiger partial charge is 0.478 e. The van der Waals surface area contributed by atoms with Gasteiger partial charge in [-0.2, -0.15) is 0 Å². The van der Waals surface area contributed by atoms with Crippen LogP contribution in [0.3, 0.4) is 0 Å². The van der Waals surface area contributed by atoms with E-state index in [9.17, 15) is 4.79 Å². The van der Waals surface area contributed by atoms with Crippen LogP contribution in [0.1, 0.15) is 20.8 Å². The van der Waals surface area contributed by atoms with E-state index in [1.807, 2.05) is 41.8 Å². The highest BCUT2D eigenvalue weighted by atomic mass is 32.1. The van der Waals surface area contributed by atoms with Gasteiger partial charge in [0, 0.05) is 17.3 Å². The highest BCUT2D eigenvalue weighted by Crippen LogP contribution is 2.19. The molecule has 0 atom stereocenters. The van der Waals surface area contributed by atoms with Crippen molar-refractivity contribution in [2.24, 2.45) is 0 Å². The number of nitrogens with zero attached hydrogens (tertiary/aromatic N) is 2. The molecule has 0 bridgehead atoms. The van der Waals surface area contributed by atoms with E-state index in [-0.39, 0.29) is 5.56 Å². The molecule has 108 valence electrons. The average Bonchev–Trinajstić information content (AvgIpc) is 3.07. The van der Waals surface area contributed by atoms with Gasteiger partial charge in [-0.25, -0.2) is 4.79 Å². The van der Waals surface area contributed by atoms with Crippen molar-refractivity contribution >= 4 is 29.5 Å². The summed E-state index contributed by atoms with van der Waals surface area (Å²) >= 11 is 1.67. The summed E-state index contributed by atoms with van der Waals surface area (Å²) in [6.07, 6.45) is 7.20. The Labute approximate surface area is 131 Å². The average molecular weight is 308 g/mol. The standard InChI is InChI=1S/C17H12N2O2S/c20-17(21)13-6-8-19-16(11-13)15-10-12(5-7-18-15)3-4-14-2-1-9-22-14/h1-11H,(H,20,21)/b4-3+. The third-order valence-electron chi connectivity index (χ3n) is 3.04. The molecule has 0 unspecified atom stereocenters. The number of pyridine rings is 2. The van der Waals surface area contributed by atoms with Crippen LogP contribution in [0.4, 0.5) is 0 Å². The summed E-state index contributed by atoms with van der Waals surface area (Å²) in [7, 11) is 0. The Hall–Kier alpha value is -2.79. The van der Waals surface area contributed by atoms with Crippen molar-refractivity contribution < 1.29 is 9.90 Å². The summed E-state index contributed by atoms with van der Waals surface area (Å²) in [5.41, 5.74) is 2.38. The van der Waals surface area contributed by atoms with Crippen molar-refractivity contribution in [2.75, 3.05) is 0 Å². The van der Waals surface area contributed by atoms with Crippen LogP contribution < -0.4 is 0 Å². The molecule has 0 amide bonds. The lowest BCUT2D eigenvalue weighted by Crippen LogP contribution is -1.98. The molecule has 0 aromatic carbocycles. The van der Waals surface area contributed by atoms with E-state index in [4.69, 9.17) is 5.11 Å². The molecule has 0 saturated heterocycles. The Morgan fingerprint density at radius 3 is 2.55 bits per heavy atom. The molecule has 3 rings (SSSR count). The maximum Gasteiger partial charge on any atom is 0.335 e. The smallest absolute Gasteiger partial charge is 0.335 e. The minimum Gasteiger partial charge on any atom is -0.478 e. The number of thiophene rings is 1. The van der Waals surface area contributed by atoms with Crippen LogP contribution in [-0.2, 0) is 0 Å². The number of carboxylic acid groups (broad SMARTS) is 1. The molecular formula is C17H12N2O2S. The van der Waals surface area contributed by atoms with Gasteiger partial charge in [0.05, 0.1) is 17.0 Å². The lowest BCUT2D eigenvalue weighted by Gasteiger charge is -2.02. The van der Waals surface area contributed by atoms with Crippen molar-refractivity contribution in [3.63, 3.8) is 0 Å². The minimum atomic E-state index is -0.975. The van der Waals surface area contributed by atoms with Crippen molar-refractivity contribution in [2.45, 2.75) is 0 Å². The molecule has 22 heavy (non-hydrogen) atoms. The Bertz CT molecular complexity index is 826. The summed E-state index contributed by atoms with van der Waals surface area (Å²) in [5.74, 6) is -0.975. The van der Waals surface area contributed by atoms with Gasteiger partial charge in [0.1, 0.15) is 0 Å². The summed E-state index contributed by atoms with van der Waals surface area (Å²) < 4.78 is 0. The van der Waals surface area contributed by atoms with Gasteiger partial charge >= 0.3 is 5.97 Å². The third-order valence-corrected chi connectivity index (χ3v) is 3.87. The summed E-state index contributed by atoms with van der Waals surface area (Å²) in [6, 6.07) is 10.8. The van der Waals surface area contributed by atoms with Gasteiger partial charge in [-0.15, -0.1) is 11.3 Å². The van der Waals surface area contributed by atoms with Crippen molar-refractivity contribution in [1.29, 1.82) is 0 Å². The zero-order valence-electron chi connectivity index (χ0n) is 11.5. The molecule has 3 heterocycles. The van der Waals surface area contributed by atoms with Crippen LogP contribution in [0.5, 0.6) is 0 Å². The number of hydrogen-bond donors (Lipinski definition) is 1. The second-order valence-electron chi connectivity index (χ2n) is 4.56. The third kappa shape index (κ3) is 3.27. The first-order chi connectivity index (χ1) is 10.7. The summed E-state index contributed by atoms with van der Waals surface area (Å²) in [6.45, 7) is 0. The quantitative estimate of drug-likeness (QED) is 0.789. The maximum absolute atomic E-state index is 11.0. The van der Waals surface area contributed by atoms with Gasteiger partial charge in [-0.05, 0) is 47.4 Å². The van der Waals surface area contributed by atoms with Gasteiger partial charge in [0.15, 0.2) is 0 Å². The maximum atomic E-state index is 11.0. The SMILES string of the molecule is O=C(O)c1ccnc(-c2cc(/C=C/c3cccs3)ccn2)c1. The van der Waals surface area contributed by atoms with Crippen molar-refractivity contribution in [3.05, 3.63) is 70.2 Å². The van der Waals surface area contributed by atoms with E-state index in [0.717, 1.165) is 5.56 Å². The van der Waals surface area contributed by atoms with Gasteiger partial charge in [-0.3, -0.25) is 9.97 Å². The van der Waals surface area contributed by atoms with Gasteiger partial charge in [0.25, 0.3) is 0 Å². The van der Waals surface area contributed by atoms with Crippen LogP contribution in [0, 0.1) is 0 Å². The second-order valence-corrected chi connectivity index (χ2v) is 5.54. The zero-order valence-corrected chi connectivity index (χ0v) is 12.3. The van der Waals surface area contributed by atoms with E-state index in [0.29, 0.717) is 11.4 Å². The number of hydrogen-bond acceptors (Lipinski definition) is 4. The Kier molecular flexibility index (Phi) is 4.07. The fourth-order valence-electron chi connectivity index (χ4n) is 1.96. The molecule has 1 N–H and O–H groups in total. The number of carboxylic acids is 1. The first kappa shape index (κ1) is 14.2. The highest BCUT2D eigenvalue weighted by molar-refractivity contribution is 7.10. The first-order valence-corrected chi connectivity index (χ1v) is 7.48. The highest BCUT2D eigenvalue weighted by Gasteiger charge is 2.07. The van der Waals surface area contributed by atoms with Crippen molar-refractivity contribution in [1.82, 2.24) is 9.97 Å². The lowest BCUT2D eigenvalue weighted by atomic mass is 10.1. The molecule has 0 aliphatic carbocycles. The fraction of sp³-hybridized carbons (Fsp3) is 0. The number of aromatic nitrogens is 2. The van der Waals surface area contributed by atoms with Crippen LogP contribution in [0.25, 0.3) is 23.5 Å². The normalized spacial score (nSPS) is 10.9. The second kappa shape index (κ2) is 6.32. The lowest BCUT2D eigenvalue weighted by molar-refractivity contribution is 0.0697. The molecule has 4 nitrogen and oxygen atoms in total. The molecule has 0 spiro atoms. The molecule has 0 fully saturated rings. The van der Waals surface area contributed by atoms with Crippen LogP contribution in [0.15, 0.2) is 54.2 Å². The number of rotatable bonds is 4. The number of aromatic carboxylic acids is 1. The number of carbonyl (C=O) groups is 1. The van der Waals surface area contributed by atoms with E-state index >= 15 is 0 Å². The Morgan fingerprint density at radius 1 is 1.05 bits per heavy atom. The predicted molar refractivity (Wildman–Crippen MR) is 87.7 cm³/mol. The van der Waals surface area contributed by atoms with Gasteiger partial charge in [0.2, 0.25) is 0 Å². The fourth-order valence-corrected chi connectivity index (χ4v) is 2.58. The van der Waals surface area contributed by atoms with E-state index in [1.54, 1.807) is 17.5 Å². The predicted octanol–water partition coefficient (Wildman–Crippen LogP) is 4.07. The Morgan fingerprint density at radius 2 is 1.82 bits per heavy atom. The topological polar surface area (TPSA) is 63.1 Å². The van der Waals surface area contributed by atoms with Crippen LogP contribution in [-0.4, -0.2) is 21.0 Å². The van der Waals surface area contributed by atoms with Gasteiger partial charge in [-0.1, -0.05) is 12.1 Å². The molecule has 5 heteroatoms. The summed E-state index contributed by atoms with van der Waals surface area (Å²) in [4.78, 5) is 20.7. The van der Waals surface area contributed by atoms with Crippen molar-refractivity contribution in [3.8, 4) is 11.4 Å². The molecule has 3 aromatic heterocycles. The first-order valence-electron chi connectivity index (χ1n) is 6.60. The van der Waals surface area contributed by atoms with E-state index in [1.165, 1.54) is 23.2 Å². The van der Waals surface area contributed by atoms with Crippen LogP contribution >= 0.6 is 11.3 Å². The van der Waals surface area contributed by atoms with Gasteiger partial charge < -0.3 is 5.11 Å². The minimum absolute atomic E-state index is 0.200.